The molecule has 0 amide bonds. The Labute approximate surface area is 134 Å². The van der Waals surface area contributed by atoms with E-state index in [4.69, 9.17) is 4.74 Å². The summed E-state index contributed by atoms with van der Waals surface area (Å²) >= 11 is 0. The number of aromatic nitrogens is 1. The van der Waals surface area contributed by atoms with E-state index in [2.05, 4.69) is 16.0 Å². The number of benzene rings is 1. The highest BCUT2D eigenvalue weighted by Gasteiger charge is 2.34. The lowest BCUT2D eigenvalue weighted by Gasteiger charge is -2.36. The van der Waals surface area contributed by atoms with Gasteiger partial charge in [-0.1, -0.05) is 18.2 Å². The summed E-state index contributed by atoms with van der Waals surface area (Å²) in [6.45, 7) is 2.94. The van der Waals surface area contributed by atoms with Crippen molar-refractivity contribution in [3.8, 4) is 0 Å². The summed E-state index contributed by atoms with van der Waals surface area (Å²) in [6.07, 6.45) is 1.63. The molecule has 0 saturated carbocycles. The number of H-pyrrole nitrogens is 1. The third kappa shape index (κ3) is 2.80. The molecule has 2 atom stereocenters. The van der Waals surface area contributed by atoms with Gasteiger partial charge in [0.2, 0.25) is 0 Å². The van der Waals surface area contributed by atoms with Crippen molar-refractivity contribution in [1.82, 2.24) is 9.88 Å². The molecule has 4 rings (SSSR count). The molecular weight excluding hydrogens is 292 g/mol. The van der Waals surface area contributed by atoms with Gasteiger partial charge in [-0.05, 0) is 43.5 Å². The van der Waals surface area contributed by atoms with E-state index in [0.717, 1.165) is 42.4 Å². The second kappa shape index (κ2) is 6.07. The average Bonchev–Trinajstić information content (AvgIpc) is 3.01. The summed E-state index contributed by atoms with van der Waals surface area (Å²) < 4.78 is 5.36. The van der Waals surface area contributed by atoms with Gasteiger partial charge in [0, 0.05) is 17.0 Å². The third-order valence-corrected chi connectivity index (χ3v) is 5.23. The number of piperidine rings is 1. The van der Waals surface area contributed by atoms with E-state index >= 15 is 0 Å². The maximum absolute atomic E-state index is 12.2. The molecule has 122 valence electrons. The largest absolute Gasteiger partial charge is 0.389 e. The van der Waals surface area contributed by atoms with Crippen molar-refractivity contribution in [1.29, 1.82) is 0 Å². The van der Waals surface area contributed by atoms with Crippen LogP contribution in [0.15, 0.2) is 35.1 Å². The van der Waals surface area contributed by atoms with Gasteiger partial charge in [0.05, 0.1) is 25.4 Å². The molecule has 0 unspecified atom stereocenters. The predicted molar refractivity (Wildman–Crippen MR) is 88.7 cm³/mol. The number of aliphatic hydroxyl groups excluding tert-OH is 1. The van der Waals surface area contributed by atoms with Crippen molar-refractivity contribution in [2.24, 2.45) is 0 Å². The maximum Gasteiger partial charge on any atom is 0.256 e. The fourth-order valence-corrected chi connectivity index (χ4v) is 3.87. The highest BCUT2D eigenvalue weighted by Crippen LogP contribution is 2.29. The standard InChI is InChI=1S/C18H22N2O3/c21-17-11-23-10-16(17)20-7-5-12(6-8-20)15-9-13-3-1-2-4-14(13)18(22)19-15/h1-4,9,12,16-17,21H,5-8,10-11H2,(H,19,22)/t16-,17+/m1/s1. The summed E-state index contributed by atoms with van der Waals surface area (Å²) in [5, 5.41) is 11.7. The normalized spacial score (nSPS) is 26.8. The second-order valence-electron chi connectivity index (χ2n) is 6.62. The van der Waals surface area contributed by atoms with Crippen LogP contribution in [0.2, 0.25) is 0 Å². The van der Waals surface area contributed by atoms with E-state index in [-0.39, 0.29) is 17.7 Å². The van der Waals surface area contributed by atoms with Gasteiger partial charge in [-0.25, -0.2) is 0 Å². The molecule has 5 heteroatoms. The first-order valence-electron chi connectivity index (χ1n) is 8.34. The van der Waals surface area contributed by atoms with Gasteiger partial charge in [-0.2, -0.15) is 0 Å². The molecular formula is C18H22N2O3. The molecule has 2 aromatic rings. The monoisotopic (exact) mass is 314 g/mol. The highest BCUT2D eigenvalue weighted by atomic mass is 16.5. The quantitative estimate of drug-likeness (QED) is 0.881. The number of hydrogen-bond acceptors (Lipinski definition) is 4. The number of pyridine rings is 1. The molecule has 2 aliphatic rings. The van der Waals surface area contributed by atoms with Gasteiger partial charge in [-0.15, -0.1) is 0 Å². The maximum atomic E-state index is 12.2. The molecule has 0 spiro atoms. The molecule has 2 aliphatic heterocycles. The summed E-state index contributed by atoms with van der Waals surface area (Å²) in [5.74, 6) is 0.378. The summed E-state index contributed by atoms with van der Waals surface area (Å²) in [4.78, 5) is 17.6. The second-order valence-corrected chi connectivity index (χ2v) is 6.62. The molecule has 0 radical (unpaired) electrons. The Morgan fingerprint density at radius 3 is 2.70 bits per heavy atom. The molecule has 0 aliphatic carbocycles. The number of hydrogen-bond donors (Lipinski definition) is 2. The van der Waals surface area contributed by atoms with Crippen LogP contribution in [0.1, 0.15) is 24.5 Å². The minimum atomic E-state index is -0.368. The van der Waals surface area contributed by atoms with Gasteiger partial charge in [-0.3, -0.25) is 9.69 Å². The van der Waals surface area contributed by atoms with Crippen molar-refractivity contribution < 1.29 is 9.84 Å². The van der Waals surface area contributed by atoms with Crippen LogP contribution in [-0.4, -0.2) is 53.4 Å². The fourth-order valence-electron chi connectivity index (χ4n) is 3.87. The van der Waals surface area contributed by atoms with Crippen LogP contribution in [-0.2, 0) is 4.74 Å². The van der Waals surface area contributed by atoms with Crippen molar-refractivity contribution in [3.63, 3.8) is 0 Å². The SMILES string of the molecule is O=c1[nH]c(C2CCN([C@@H]3COC[C@@H]3O)CC2)cc2ccccc12. The van der Waals surface area contributed by atoms with E-state index < -0.39 is 0 Å². The van der Waals surface area contributed by atoms with Crippen molar-refractivity contribution >= 4 is 10.8 Å². The molecule has 1 aromatic heterocycles. The summed E-state index contributed by atoms with van der Waals surface area (Å²) in [6, 6.07) is 9.97. The minimum absolute atomic E-state index is 0.000134. The Morgan fingerprint density at radius 2 is 1.96 bits per heavy atom. The number of likely N-dealkylation sites (tertiary alicyclic amines) is 1. The Bertz CT molecular complexity index is 749. The van der Waals surface area contributed by atoms with Crippen LogP contribution in [0.4, 0.5) is 0 Å². The first kappa shape index (κ1) is 14.9. The van der Waals surface area contributed by atoms with Crippen LogP contribution >= 0.6 is 0 Å². The minimum Gasteiger partial charge on any atom is -0.389 e. The lowest BCUT2D eigenvalue weighted by Crippen LogP contribution is -2.46. The smallest absolute Gasteiger partial charge is 0.256 e. The number of aliphatic hydroxyl groups is 1. The number of rotatable bonds is 2. The molecule has 2 fully saturated rings. The number of ether oxygens (including phenoxy) is 1. The van der Waals surface area contributed by atoms with Gasteiger partial charge in [0.25, 0.3) is 5.56 Å². The Hall–Kier alpha value is -1.69. The van der Waals surface area contributed by atoms with Crippen LogP contribution in [0.5, 0.6) is 0 Å². The Kier molecular flexibility index (Phi) is 3.93. The summed E-state index contributed by atoms with van der Waals surface area (Å²) in [5.41, 5.74) is 1.04. The van der Waals surface area contributed by atoms with E-state index in [1.807, 2.05) is 24.3 Å². The fraction of sp³-hybridized carbons (Fsp3) is 0.500. The van der Waals surface area contributed by atoms with Gasteiger partial charge in [0.1, 0.15) is 0 Å². The number of fused-ring (bicyclic) bond motifs is 1. The zero-order valence-corrected chi connectivity index (χ0v) is 13.1. The third-order valence-electron chi connectivity index (χ3n) is 5.23. The first-order valence-corrected chi connectivity index (χ1v) is 8.34. The summed E-state index contributed by atoms with van der Waals surface area (Å²) in [7, 11) is 0. The zero-order valence-electron chi connectivity index (χ0n) is 13.1. The molecule has 2 saturated heterocycles. The predicted octanol–water partition coefficient (Wildman–Crippen LogP) is 1.47. The molecule has 5 nitrogen and oxygen atoms in total. The lowest BCUT2D eigenvalue weighted by atomic mass is 9.91. The van der Waals surface area contributed by atoms with Crippen molar-refractivity contribution in [2.75, 3.05) is 26.3 Å². The van der Waals surface area contributed by atoms with E-state index in [0.29, 0.717) is 19.1 Å². The zero-order chi connectivity index (χ0) is 15.8. The Morgan fingerprint density at radius 1 is 1.17 bits per heavy atom. The first-order chi connectivity index (χ1) is 11.2. The molecule has 0 bridgehead atoms. The number of aromatic amines is 1. The van der Waals surface area contributed by atoms with Crippen LogP contribution in [0.3, 0.4) is 0 Å². The average molecular weight is 314 g/mol. The molecule has 3 heterocycles. The van der Waals surface area contributed by atoms with E-state index in [1.54, 1.807) is 0 Å². The van der Waals surface area contributed by atoms with E-state index in [1.165, 1.54) is 0 Å². The number of nitrogens with one attached hydrogen (secondary N) is 1. The van der Waals surface area contributed by atoms with Crippen molar-refractivity contribution in [2.45, 2.75) is 30.9 Å². The molecule has 2 N–H and O–H groups in total. The van der Waals surface area contributed by atoms with Gasteiger partial charge >= 0.3 is 0 Å². The van der Waals surface area contributed by atoms with Gasteiger partial charge < -0.3 is 14.8 Å². The highest BCUT2D eigenvalue weighted by molar-refractivity contribution is 5.81. The van der Waals surface area contributed by atoms with E-state index in [9.17, 15) is 9.90 Å². The van der Waals surface area contributed by atoms with Crippen LogP contribution in [0.25, 0.3) is 10.8 Å². The van der Waals surface area contributed by atoms with Crippen molar-refractivity contribution in [3.05, 3.63) is 46.4 Å². The molecule has 1 aromatic carbocycles. The van der Waals surface area contributed by atoms with Gasteiger partial charge in [0.15, 0.2) is 0 Å². The van der Waals surface area contributed by atoms with Crippen LogP contribution < -0.4 is 5.56 Å². The molecule has 23 heavy (non-hydrogen) atoms. The number of nitrogens with zero attached hydrogens (tertiary/aromatic N) is 1. The Balaban J connectivity index is 1.51. The van der Waals surface area contributed by atoms with Crippen LogP contribution in [0, 0.1) is 0 Å². The topological polar surface area (TPSA) is 65.6 Å². The lowest BCUT2D eigenvalue weighted by molar-refractivity contribution is 0.0660.